The van der Waals surface area contributed by atoms with Gasteiger partial charge in [-0.3, -0.25) is 0 Å². The highest BCUT2D eigenvalue weighted by Crippen LogP contribution is 2.26. The molecule has 8 N–H and O–H groups in total. The molecule has 29 heavy (non-hydrogen) atoms. The van der Waals surface area contributed by atoms with Gasteiger partial charge in [0.1, 0.15) is 11.5 Å². The Hall–Kier alpha value is -4.40. The Bertz CT molecular complexity index is 1070. The van der Waals surface area contributed by atoms with Gasteiger partial charge in [0.2, 0.25) is 11.9 Å². The number of hydrogen-bond acceptors (Lipinski definition) is 5. The number of nitrogens with zero attached hydrogens (tertiary/aromatic N) is 4. The van der Waals surface area contributed by atoms with Crippen LogP contribution < -0.4 is 22.9 Å². The van der Waals surface area contributed by atoms with Crippen LogP contribution in [0.5, 0.6) is 0 Å². The summed E-state index contributed by atoms with van der Waals surface area (Å²) >= 11 is 0. The maximum atomic E-state index is 5.72. The molecule has 3 rings (SSSR count). The van der Waals surface area contributed by atoms with Crippen LogP contribution in [0.4, 0.5) is 0 Å². The lowest BCUT2D eigenvalue weighted by molar-refractivity contribution is 0.575. The van der Waals surface area contributed by atoms with E-state index < -0.39 is 0 Å². The van der Waals surface area contributed by atoms with Gasteiger partial charge in [-0.2, -0.15) is 10.2 Å². The smallest absolute Gasteiger partial charge is 0.211 e. The van der Waals surface area contributed by atoms with Gasteiger partial charge in [-0.05, 0) is 28.8 Å². The van der Waals surface area contributed by atoms with Crippen LogP contribution in [0.3, 0.4) is 0 Å². The number of rotatable bonds is 6. The van der Waals surface area contributed by atoms with Crippen LogP contribution in [0.2, 0.25) is 0 Å². The molecule has 0 atom stereocenters. The van der Waals surface area contributed by atoms with Crippen LogP contribution >= 0.6 is 0 Å². The zero-order chi connectivity index (χ0) is 20.6. The van der Waals surface area contributed by atoms with Crippen LogP contribution in [0.15, 0.2) is 85.5 Å². The van der Waals surface area contributed by atoms with E-state index in [0.29, 0.717) is 11.5 Å². The van der Waals surface area contributed by atoms with Crippen molar-refractivity contribution in [1.82, 2.24) is 0 Å². The average molecular weight is 388 g/mol. The van der Waals surface area contributed by atoms with Crippen molar-refractivity contribution >= 4 is 24.3 Å². The minimum Gasteiger partial charge on any atom is -0.455 e. The molecule has 0 radical (unpaired) electrons. The SMILES string of the molecule is NC(N)=NN=Cc1ccc(-c2ccc(-c3ccc(C=NN=C(N)N)o3)cc2)cc1. The Morgan fingerprint density at radius 2 is 1.14 bits per heavy atom. The van der Waals surface area contributed by atoms with Crippen LogP contribution in [0.25, 0.3) is 22.5 Å². The van der Waals surface area contributed by atoms with E-state index in [0.717, 1.165) is 22.3 Å². The fourth-order valence-electron chi connectivity index (χ4n) is 2.48. The number of furan rings is 1. The molecule has 3 aromatic rings. The zero-order valence-corrected chi connectivity index (χ0v) is 15.4. The average Bonchev–Trinajstić information content (AvgIpc) is 3.17. The van der Waals surface area contributed by atoms with Gasteiger partial charge in [0.05, 0.1) is 12.4 Å². The molecule has 0 saturated heterocycles. The van der Waals surface area contributed by atoms with Gasteiger partial charge in [0.25, 0.3) is 0 Å². The van der Waals surface area contributed by atoms with Crippen LogP contribution in [0.1, 0.15) is 11.3 Å². The Kier molecular flexibility index (Phi) is 6.01. The fraction of sp³-hybridized carbons (Fsp3) is 0. The van der Waals surface area contributed by atoms with Crippen molar-refractivity contribution in [3.63, 3.8) is 0 Å². The van der Waals surface area contributed by atoms with Gasteiger partial charge in [-0.1, -0.05) is 48.5 Å². The van der Waals surface area contributed by atoms with E-state index in [4.69, 9.17) is 27.4 Å². The first-order valence-corrected chi connectivity index (χ1v) is 8.56. The molecule has 0 amide bonds. The first-order valence-electron chi connectivity index (χ1n) is 8.56. The van der Waals surface area contributed by atoms with Crippen molar-refractivity contribution in [3.8, 4) is 22.5 Å². The predicted octanol–water partition coefficient (Wildman–Crippen LogP) is 1.83. The van der Waals surface area contributed by atoms with Crippen LogP contribution in [-0.4, -0.2) is 24.3 Å². The van der Waals surface area contributed by atoms with E-state index in [1.165, 1.54) is 6.21 Å². The summed E-state index contributed by atoms with van der Waals surface area (Å²) in [6, 6.07) is 19.5. The monoisotopic (exact) mass is 388 g/mol. The zero-order valence-electron chi connectivity index (χ0n) is 15.4. The summed E-state index contributed by atoms with van der Waals surface area (Å²) in [5.74, 6) is 1.07. The molecule has 0 saturated carbocycles. The largest absolute Gasteiger partial charge is 0.455 e. The highest BCUT2D eigenvalue weighted by Gasteiger charge is 2.05. The standard InChI is InChI=1S/C20H20N8O/c21-19(22)27-25-11-13-1-3-14(4-2-13)15-5-7-16(8-6-15)18-10-9-17(29-18)12-26-28-20(23)24/h1-12H,(H4,21,22,27)(H4,23,24,28). The molecule has 9 nitrogen and oxygen atoms in total. The molecule has 146 valence electrons. The summed E-state index contributed by atoms with van der Waals surface area (Å²) in [6.07, 6.45) is 3.02. The maximum Gasteiger partial charge on any atom is 0.211 e. The molecular formula is C20H20N8O. The second-order valence-corrected chi connectivity index (χ2v) is 5.94. The van der Waals surface area contributed by atoms with Gasteiger partial charge < -0.3 is 27.4 Å². The summed E-state index contributed by atoms with van der Waals surface area (Å²) in [5, 5.41) is 14.6. The first kappa shape index (κ1) is 19.4. The Labute approximate surface area is 167 Å². The Balaban J connectivity index is 1.71. The molecule has 9 heteroatoms. The van der Waals surface area contributed by atoms with E-state index in [2.05, 4.69) is 20.4 Å². The van der Waals surface area contributed by atoms with Crippen molar-refractivity contribution in [2.24, 2.45) is 43.3 Å². The van der Waals surface area contributed by atoms with Gasteiger partial charge in [0, 0.05) is 5.56 Å². The van der Waals surface area contributed by atoms with Crippen molar-refractivity contribution in [2.45, 2.75) is 0 Å². The van der Waals surface area contributed by atoms with E-state index >= 15 is 0 Å². The lowest BCUT2D eigenvalue weighted by Crippen LogP contribution is -2.21. The third kappa shape index (κ3) is 5.54. The lowest BCUT2D eigenvalue weighted by atomic mass is 10.0. The highest BCUT2D eigenvalue weighted by atomic mass is 16.3. The number of hydrogen-bond donors (Lipinski definition) is 4. The molecule has 0 spiro atoms. The molecule has 1 aromatic heterocycles. The second-order valence-electron chi connectivity index (χ2n) is 5.94. The summed E-state index contributed by atoms with van der Waals surface area (Å²) in [5.41, 5.74) is 24.9. The Morgan fingerprint density at radius 3 is 1.72 bits per heavy atom. The minimum absolute atomic E-state index is 0.0808. The van der Waals surface area contributed by atoms with E-state index in [1.807, 2.05) is 54.6 Å². The van der Waals surface area contributed by atoms with Gasteiger partial charge >= 0.3 is 0 Å². The van der Waals surface area contributed by atoms with Crippen LogP contribution in [-0.2, 0) is 0 Å². The summed E-state index contributed by atoms with van der Waals surface area (Å²) in [7, 11) is 0. The van der Waals surface area contributed by atoms with Gasteiger partial charge in [-0.25, -0.2) is 0 Å². The Morgan fingerprint density at radius 1 is 0.621 bits per heavy atom. The molecule has 1 heterocycles. The molecule has 0 unspecified atom stereocenters. The third-order valence-corrected chi connectivity index (χ3v) is 3.78. The second kappa shape index (κ2) is 9.00. The molecule has 0 aliphatic heterocycles. The highest BCUT2D eigenvalue weighted by molar-refractivity contribution is 5.83. The number of benzene rings is 2. The summed E-state index contributed by atoms with van der Waals surface area (Å²) in [4.78, 5) is 0. The lowest BCUT2D eigenvalue weighted by Gasteiger charge is -2.04. The van der Waals surface area contributed by atoms with Gasteiger partial charge in [0.15, 0.2) is 0 Å². The fourth-order valence-corrected chi connectivity index (χ4v) is 2.48. The maximum absolute atomic E-state index is 5.72. The normalized spacial score (nSPS) is 11.0. The summed E-state index contributed by atoms with van der Waals surface area (Å²) in [6.45, 7) is 0. The van der Waals surface area contributed by atoms with Crippen molar-refractivity contribution < 1.29 is 4.42 Å². The van der Waals surface area contributed by atoms with Crippen molar-refractivity contribution in [2.75, 3.05) is 0 Å². The quantitative estimate of drug-likeness (QED) is 0.287. The minimum atomic E-state index is -0.113. The number of nitrogens with two attached hydrogens (primary N) is 4. The van der Waals surface area contributed by atoms with Gasteiger partial charge in [-0.15, -0.1) is 10.2 Å². The molecule has 0 bridgehead atoms. The topological polar surface area (TPSA) is 167 Å². The van der Waals surface area contributed by atoms with E-state index in [-0.39, 0.29) is 11.9 Å². The van der Waals surface area contributed by atoms with E-state index in [9.17, 15) is 0 Å². The van der Waals surface area contributed by atoms with E-state index in [1.54, 1.807) is 12.3 Å². The van der Waals surface area contributed by atoms with Crippen LogP contribution in [0, 0.1) is 0 Å². The molecule has 0 aliphatic rings. The molecule has 0 fully saturated rings. The summed E-state index contributed by atoms with van der Waals surface area (Å²) < 4.78 is 5.72. The number of guanidine groups is 2. The van der Waals surface area contributed by atoms with Crippen molar-refractivity contribution in [1.29, 1.82) is 0 Å². The third-order valence-electron chi connectivity index (χ3n) is 3.78. The first-order chi connectivity index (χ1) is 14.0. The van der Waals surface area contributed by atoms with Crippen molar-refractivity contribution in [3.05, 3.63) is 72.0 Å². The molecule has 2 aromatic carbocycles. The molecule has 0 aliphatic carbocycles. The molecular weight excluding hydrogens is 368 g/mol. The predicted molar refractivity (Wildman–Crippen MR) is 116 cm³/mol.